The molecule has 1 aromatic rings. The number of rotatable bonds is 5. The Morgan fingerprint density at radius 3 is 2.52 bits per heavy atom. The lowest BCUT2D eigenvalue weighted by Crippen LogP contribution is -2.40. The number of hydrogen-bond donors (Lipinski definition) is 0. The molecule has 0 aromatic heterocycles. The molecule has 3 rings (SSSR count). The molecule has 0 N–H and O–H groups in total. The van der Waals surface area contributed by atoms with Gasteiger partial charge in [-0.05, 0) is 49.7 Å². The number of ether oxygens (including phenoxy) is 2. The predicted octanol–water partition coefficient (Wildman–Crippen LogP) is 5.82. The molecule has 25 heavy (non-hydrogen) atoms. The Hall–Kier alpha value is -1.23. The number of halogens is 3. The van der Waals surface area contributed by atoms with Crippen molar-refractivity contribution in [3.8, 4) is 5.75 Å². The van der Waals surface area contributed by atoms with Crippen LogP contribution in [0.3, 0.4) is 0 Å². The maximum absolute atomic E-state index is 14.6. The lowest BCUT2D eigenvalue weighted by Gasteiger charge is -2.39. The van der Waals surface area contributed by atoms with Crippen molar-refractivity contribution in [3.63, 3.8) is 0 Å². The number of alkyl halides is 2. The third-order valence-electron chi connectivity index (χ3n) is 5.62. The van der Waals surface area contributed by atoms with Crippen molar-refractivity contribution < 1.29 is 22.6 Å². The summed E-state index contributed by atoms with van der Waals surface area (Å²) in [6, 6.07) is 3.02. The Morgan fingerprint density at radius 2 is 1.88 bits per heavy atom. The van der Waals surface area contributed by atoms with Crippen LogP contribution in [0.25, 0.3) is 0 Å². The van der Waals surface area contributed by atoms with E-state index in [-0.39, 0.29) is 18.3 Å². The highest BCUT2D eigenvalue weighted by molar-refractivity contribution is 5.41. The van der Waals surface area contributed by atoms with E-state index in [9.17, 15) is 13.2 Å². The summed E-state index contributed by atoms with van der Waals surface area (Å²) in [5.41, 5.74) is -0.299. The van der Waals surface area contributed by atoms with Gasteiger partial charge in [0, 0.05) is 0 Å². The minimum absolute atomic E-state index is 0.127. The van der Waals surface area contributed by atoms with Gasteiger partial charge in [0.05, 0.1) is 18.3 Å². The van der Waals surface area contributed by atoms with Crippen molar-refractivity contribution in [1.29, 1.82) is 0 Å². The van der Waals surface area contributed by atoms with E-state index in [1.807, 2.05) is 0 Å². The Balaban J connectivity index is 1.77. The monoisotopic (exact) mass is 356 g/mol. The molecule has 140 valence electrons. The van der Waals surface area contributed by atoms with Crippen LogP contribution in [0, 0.1) is 17.7 Å². The van der Waals surface area contributed by atoms with Crippen molar-refractivity contribution in [2.45, 2.75) is 71.0 Å². The molecule has 5 heteroatoms. The standard InChI is InChI=1S/C20H27F3O2/c1-3-5-13-6-8-14(9-7-13)17-12-15-10-11-16(24-4-2)19(21)18(15)20(22,23)25-17/h10-11,13-14,17H,3-9,12H2,1-2H3. The number of fused-ring (bicyclic) bond motifs is 1. The first-order chi connectivity index (χ1) is 12.0. The van der Waals surface area contributed by atoms with Gasteiger partial charge in [-0.25, -0.2) is 4.39 Å². The van der Waals surface area contributed by atoms with Crippen LogP contribution in [0.5, 0.6) is 5.75 Å². The fourth-order valence-electron chi connectivity index (χ4n) is 4.38. The SMILES string of the molecule is CCCC1CCC(C2Cc3ccc(OCC)c(F)c3C(F)(F)O2)CC1. The van der Waals surface area contributed by atoms with Crippen LogP contribution < -0.4 is 4.74 Å². The molecule has 2 nitrogen and oxygen atoms in total. The molecular weight excluding hydrogens is 329 g/mol. The quantitative estimate of drug-likeness (QED) is 0.662. The summed E-state index contributed by atoms with van der Waals surface area (Å²) < 4.78 is 53.8. The van der Waals surface area contributed by atoms with Gasteiger partial charge in [0.15, 0.2) is 11.6 Å². The zero-order chi connectivity index (χ0) is 18.0. The third-order valence-corrected chi connectivity index (χ3v) is 5.62. The predicted molar refractivity (Wildman–Crippen MR) is 90.4 cm³/mol. The smallest absolute Gasteiger partial charge is 0.386 e. The molecule has 1 aliphatic heterocycles. The van der Waals surface area contributed by atoms with Crippen molar-refractivity contribution >= 4 is 0 Å². The van der Waals surface area contributed by atoms with Crippen molar-refractivity contribution in [2.75, 3.05) is 6.61 Å². The molecule has 1 aromatic carbocycles. The summed E-state index contributed by atoms with van der Waals surface area (Å²) in [5.74, 6) is -0.289. The Bertz CT molecular complexity index is 595. The summed E-state index contributed by atoms with van der Waals surface area (Å²) in [5, 5.41) is 0. The molecular formula is C20H27F3O2. The minimum Gasteiger partial charge on any atom is -0.491 e. The van der Waals surface area contributed by atoms with Crippen LogP contribution >= 0.6 is 0 Å². The zero-order valence-corrected chi connectivity index (χ0v) is 15.0. The first-order valence-electron chi connectivity index (χ1n) is 9.46. The van der Waals surface area contributed by atoms with E-state index >= 15 is 0 Å². The zero-order valence-electron chi connectivity index (χ0n) is 15.0. The molecule has 1 fully saturated rings. The molecule has 0 amide bonds. The summed E-state index contributed by atoms with van der Waals surface area (Å²) >= 11 is 0. The highest BCUT2D eigenvalue weighted by Gasteiger charge is 2.47. The van der Waals surface area contributed by atoms with Crippen molar-refractivity contribution in [2.24, 2.45) is 11.8 Å². The van der Waals surface area contributed by atoms with E-state index in [1.165, 1.54) is 18.9 Å². The largest absolute Gasteiger partial charge is 0.491 e. The van der Waals surface area contributed by atoms with Gasteiger partial charge in [-0.2, -0.15) is 8.78 Å². The molecule has 1 saturated carbocycles. The maximum Gasteiger partial charge on any atom is 0.386 e. The molecule has 1 heterocycles. The van der Waals surface area contributed by atoms with E-state index in [0.29, 0.717) is 17.9 Å². The molecule has 1 unspecified atom stereocenters. The van der Waals surface area contributed by atoms with Crippen LogP contribution in [-0.4, -0.2) is 12.7 Å². The molecule has 0 spiro atoms. The summed E-state index contributed by atoms with van der Waals surface area (Å²) in [7, 11) is 0. The fraction of sp³-hybridized carbons (Fsp3) is 0.700. The normalized spacial score (nSPS) is 28.4. The van der Waals surface area contributed by atoms with E-state index < -0.39 is 23.6 Å². The highest BCUT2D eigenvalue weighted by Crippen LogP contribution is 2.46. The highest BCUT2D eigenvalue weighted by atomic mass is 19.3. The summed E-state index contributed by atoms with van der Waals surface area (Å²) in [4.78, 5) is 0. The Morgan fingerprint density at radius 1 is 1.16 bits per heavy atom. The molecule has 2 aliphatic rings. The first kappa shape index (κ1) is 18.6. The molecule has 0 radical (unpaired) electrons. The molecule has 1 aliphatic carbocycles. The third kappa shape index (κ3) is 3.81. The van der Waals surface area contributed by atoms with Crippen LogP contribution in [0.2, 0.25) is 0 Å². The van der Waals surface area contributed by atoms with E-state index in [0.717, 1.165) is 25.7 Å². The Kier molecular flexibility index (Phi) is 5.62. The van der Waals surface area contributed by atoms with Gasteiger partial charge < -0.3 is 9.47 Å². The minimum atomic E-state index is -3.60. The second-order valence-electron chi connectivity index (χ2n) is 7.29. The van der Waals surface area contributed by atoms with E-state index in [2.05, 4.69) is 6.92 Å². The van der Waals surface area contributed by atoms with Gasteiger partial charge >= 0.3 is 6.11 Å². The average molecular weight is 356 g/mol. The fourth-order valence-corrected chi connectivity index (χ4v) is 4.38. The van der Waals surface area contributed by atoms with E-state index in [1.54, 1.807) is 13.0 Å². The second-order valence-corrected chi connectivity index (χ2v) is 7.29. The van der Waals surface area contributed by atoms with Gasteiger partial charge in [0.25, 0.3) is 0 Å². The first-order valence-corrected chi connectivity index (χ1v) is 9.46. The lowest BCUT2D eigenvalue weighted by atomic mass is 9.76. The maximum atomic E-state index is 14.6. The van der Waals surface area contributed by atoms with E-state index in [4.69, 9.17) is 9.47 Å². The summed E-state index contributed by atoms with van der Waals surface area (Å²) in [6.45, 7) is 4.10. The average Bonchev–Trinajstić information content (AvgIpc) is 2.57. The van der Waals surface area contributed by atoms with Crippen molar-refractivity contribution in [3.05, 3.63) is 29.1 Å². The van der Waals surface area contributed by atoms with Gasteiger partial charge in [-0.3, -0.25) is 0 Å². The number of benzene rings is 1. The van der Waals surface area contributed by atoms with Gasteiger partial charge in [-0.1, -0.05) is 38.7 Å². The van der Waals surface area contributed by atoms with Gasteiger partial charge in [0.2, 0.25) is 0 Å². The van der Waals surface area contributed by atoms with Crippen LogP contribution in [0.4, 0.5) is 13.2 Å². The molecule has 1 atom stereocenters. The van der Waals surface area contributed by atoms with Crippen LogP contribution in [0.15, 0.2) is 12.1 Å². The second kappa shape index (κ2) is 7.56. The molecule has 0 saturated heterocycles. The van der Waals surface area contributed by atoms with Gasteiger partial charge in [0.1, 0.15) is 0 Å². The summed E-state index contributed by atoms with van der Waals surface area (Å²) in [6.07, 6.45) is 2.57. The van der Waals surface area contributed by atoms with Crippen LogP contribution in [-0.2, 0) is 17.3 Å². The lowest BCUT2D eigenvalue weighted by molar-refractivity contribution is -0.292. The topological polar surface area (TPSA) is 18.5 Å². The van der Waals surface area contributed by atoms with Gasteiger partial charge in [-0.15, -0.1) is 0 Å². The molecule has 0 bridgehead atoms. The van der Waals surface area contributed by atoms with Crippen molar-refractivity contribution in [1.82, 2.24) is 0 Å². The number of hydrogen-bond acceptors (Lipinski definition) is 2. The van der Waals surface area contributed by atoms with Crippen LogP contribution in [0.1, 0.15) is 63.5 Å². The Labute approximate surface area is 147 Å².